The molecule has 3 nitrogen and oxygen atoms in total. The average Bonchev–Trinajstić information content (AvgIpc) is 2.14. The SMILES string of the molecule is CC1CC(NC(=O)C2(N)CCCC(C)C2)C1. The van der Waals surface area contributed by atoms with Crippen LogP contribution in [0.5, 0.6) is 0 Å². The van der Waals surface area contributed by atoms with Gasteiger partial charge in [-0.05, 0) is 37.5 Å². The molecule has 3 N–H and O–H groups in total. The number of amides is 1. The van der Waals surface area contributed by atoms with E-state index < -0.39 is 5.54 Å². The number of carbonyl (C=O) groups is 1. The molecule has 2 saturated carbocycles. The van der Waals surface area contributed by atoms with E-state index in [1.54, 1.807) is 0 Å². The zero-order valence-corrected chi connectivity index (χ0v) is 10.5. The Bertz CT molecular complexity index is 273. The Labute approximate surface area is 98.2 Å². The molecule has 2 atom stereocenters. The summed E-state index contributed by atoms with van der Waals surface area (Å²) in [5, 5.41) is 3.11. The average molecular weight is 224 g/mol. The smallest absolute Gasteiger partial charge is 0.240 e. The summed E-state index contributed by atoms with van der Waals surface area (Å²) < 4.78 is 0. The third-order valence-electron chi connectivity index (χ3n) is 4.19. The number of hydrogen-bond acceptors (Lipinski definition) is 2. The van der Waals surface area contributed by atoms with Crippen molar-refractivity contribution in [2.75, 3.05) is 0 Å². The van der Waals surface area contributed by atoms with Gasteiger partial charge in [-0.2, -0.15) is 0 Å². The largest absolute Gasteiger partial charge is 0.352 e. The monoisotopic (exact) mass is 224 g/mol. The number of hydrogen-bond donors (Lipinski definition) is 2. The Kier molecular flexibility index (Phi) is 3.24. The molecule has 0 bridgehead atoms. The summed E-state index contributed by atoms with van der Waals surface area (Å²) in [7, 11) is 0. The van der Waals surface area contributed by atoms with E-state index in [1.807, 2.05) is 0 Å². The molecule has 2 unspecified atom stereocenters. The highest BCUT2D eigenvalue weighted by atomic mass is 16.2. The van der Waals surface area contributed by atoms with Gasteiger partial charge >= 0.3 is 0 Å². The molecule has 2 fully saturated rings. The molecule has 3 heteroatoms. The first kappa shape index (κ1) is 11.9. The second-order valence-electron chi connectivity index (χ2n) is 6.10. The molecule has 0 aromatic heterocycles. The highest BCUT2D eigenvalue weighted by molar-refractivity contribution is 5.86. The minimum Gasteiger partial charge on any atom is -0.352 e. The van der Waals surface area contributed by atoms with Gasteiger partial charge in [0.1, 0.15) is 0 Å². The Hall–Kier alpha value is -0.570. The first-order chi connectivity index (χ1) is 7.49. The number of nitrogens with one attached hydrogen (secondary N) is 1. The molecule has 0 spiro atoms. The van der Waals surface area contributed by atoms with Crippen LogP contribution < -0.4 is 11.1 Å². The Balaban J connectivity index is 1.87. The van der Waals surface area contributed by atoms with Gasteiger partial charge in [0.05, 0.1) is 5.54 Å². The van der Waals surface area contributed by atoms with E-state index in [9.17, 15) is 4.79 Å². The van der Waals surface area contributed by atoms with Gasteiger partial charge < -0.3 is 11.1 Å². The van der Waals surface area contributed by atoms with Crippen molar-refractivity contribution in [3.05, 3.63) is 0 Å². The summed E-state index contributed by atoms with van der Waals surface area (Å²) in [6, 6.07) is 0.389. The van der Waals surface area contributed by atoms with Crippen molar-refractivity contribution in [2.45, 2.75) is 64.0 Å². The van der Waals surface area contributed by atoms with E-state index in [4.69, 9.17) is 5.73 Å². The van der Waals surface area contributed by atoms with E-state index in [1.165, 1.54) is 6.42 Å². The van der Waals surface area contributed by atoms with Gasteiger partial charge in [-0.1, -0.05) is 26.7 Å². The maximum atomic E-state index is 12.1. The predicted molar refractivity (Wildman–Crippen MR) is 64.9 cm³/mol. The van der Waals surface area contributed by atoms with Crippen LogP contribution in [0.2, 0.25) is 0 Å². The van der Waals surface area contributed by atoms with Crippen molar-refractivity contribution in [2.24, 2.45) is 17.6 Å². The Morgan fingerprint density at radius 2 is 2.00 bits per heavy atom. The zero-order valence-electron chi connectivity index (χ0n) is 10.5. The summed E-state index contributed by atoms with van der Waals surface area (Å²) in [6.45, 7) is 4.42. The lowest BCUT2D eigenvalue weighted by molar-refractivity contribution is -0.129. The summed E-state index contributed by atoms with van der Waals surface area (Å²) in [4.78, 5) is 12.1. The highest BCUT2D eigenvalue weighted by Gasteiger charge is 2.39. The molecule has 0 heterocycles. The van der Waals surface area contributed by atoms with E-state index in [0.717, 1.165) is 38.0 Å². The Morgan fingerprint density at radius 1 is 1.31 bits per heavy atom. The fourth-order valence-electron chi connectivity index (χ4n) is 3.15. The van der Waals surface area contributed by atoms with Crippen molar-refractivity contribution >= 4 is 5.91 Å². The molecular formula is C13H24N2O. The fraction of sp³-hybridized carbons (Fsp3) is 0.923. The number of nitrogens with two attached hydrogens (primary N) is 1. The van der Waals surface area contributed by atoms with Gasteiger partial charge in [-0.15, -0.1) is 0 Å². The van der Waals surface area contributed by atoms with Gasteiger partial charge in [0, 0.05) is 6.04 Å². The van der Waals surface area contributed by atoms with Gasteiger partial charge in [-0.3, -0.25) is 4.79 Å². The molecule has 2 aliphatic rings. The lowest BCUT2D eigenvalue weighted by Gasteiger charge is -2.39. The van der Waals surface area contributed by atoms with Crippen LogP contribution in [0.3, 0.4) is 0 Å². The molecule has 16 heavy (non-hydrogen) atoms. The van der Waals surface area contributed by atoms with Gasteiger partial charge in [0.25, 0.3) is 0 Å². The Morgan fingerprint density at radius 3 is 2.56 bits per heavy atom. The van der Waals surface area contributed by atoms with Crippen molar-refractivity contribution in [3.8, 4) is 0 Å². The van der Waals surface area contributed by atoms with Gasteiger partial charge in [0.15, 0.2) is 0 Å². The number of carbonyl (C=O) groups excluding carboxylic acids is 1. The minimum atomic E-state index is -0.587. The molecule has 2 aliphatic carbocycles. The first-order valence-electron chi connectivity index (χ1n) is 6.59. The van der Waals surface area contributed by atoms with Crippen LogP contribution in [0.15, 0.2) is 0 Å². The third-order valence-corrected chi connectivity index (χ3v) is 4.19. The molecule has 0 saturated heterocycles. The molecule has 0 aliphatic heterocycles. The topological polar surface area (TPSA) is 55.1 Å². The van der Waals surface area contributed by atoms with Crippen LogP contribution in [0.25, 0.3) is 0 Å². The maximum Gasteiger partial charge on any atom is 0.240 e. The zero-order chi connectivity index (χ0) is 11.8. The van der Waals surface area contributed by atoms with E-state index in [0.29, 0.717) is 12.0 Å². The second kappa shape index (κ2) is 4.36. The molecule has 1 amide bonds. The highest BCUT2D eigenvalue weighted by Crippen LogP contribution is 2.32. The second-order valence-corrected chi connectivity index (χ2v) is 6.10. The standard InChI is InChI=1S/C13H24N2O/c1-9-4-3-5-13(14,8-9)12(16)15-11-6-10(2)7-11/h9-11H,3-8,14H2,1-2H3,(H,15,16). The van der Waals surface area contributed by atoms with Crippen molar-refractivity contribution in [1.29, 1.82) is 0 Å². The van der Waals surface area contributed by atoms with E-state index >= 15 is 0 Å². The van der Waals surface area contributed by atoms with Crippen LogP contribution in [-0.2, 0) is 4.79 Å². The van der Waals surface area contributed by atoms with E-state index in [-0.39, 0.29) is 5.91 Å². The molecule has 92 valence electrons. The van der Waals surface area contributed by atoms with Crippen molar-refractivity contribution < 1.29 is 4.79 Å². The summed E-state index contributed by atoms with van der Waals surface area (Å²) >= 11 is 0. The van der Waals surface area contributed by atoms with Gasteiger partial charge in [0.2, 0.25) is 5.91 Å². The lowest BCUT2D eigenvalue weighted by atomic mass is 9.75. The normalized spacial score (nSPS) is 43.6. The van der Waals surface area contributed by atoms with Crippen LogP contribution in [0, 0.1) is 11.8 Å². The van der Waals surface area contributed by atoms with Crippen LogP contribution in [0.4, 0.5) is 0 Å². The molecule has 0 aromatic carbocycles. The van der Waals surface area contributed by atoms with Crippen molar-refractivity contribution in [3.63, 3.8) is 0 Å². The van der Waals surface area contributed by atoms with Crippen LogP contribution >= 0.6 is 0 Å². The summed E-state index contributed by atoms with van der Waals surface area (Å²) in [5.74, 6) is 1.45. The summed E-state index contributed by atoms with van der Waals surface area (Å²) in [5.41, 5.74) is 5.66. The minimum absolute atomic E-state index is 0.0935. The van der Waals surface area contributed by atoms with Crippen molar-refractivity contribution in [1.82, 2.24) is 5.32 Å². The summed E-state index contributed by atoms with van der Waals surface area (Å²) in [6.07, 6.45) is 6.25. The maximum absolute atomic E-state index is 12.1. The molecular weight excluding hydrogens is 200 g/mol. The molecule has 0 aromatic rings. The molecule has 0 radical (unpaired) electrons. The van der Waals surface area contributed by atoms with E-state index in [2.05, 4.69) is 19.2 Å². The molecule has 2 rings (SSSR count). The van der Waals surface area contributed by atoms with Crippen LogP contribution in [-0.4, -0.2) is 17.5 Å². The first-order valence-corrected chi connectivity index (χ1v) is 6.59. The van der Waals surface area contributed by atoms with Crippen LogP contribution in [0.1, 0.15) is 52.4 Å². The fourth-order valence-corrected chi connectivity index (χ4v) is 3.15. The van der Waals surface area contributed by atoms with Gasteiger partial charge in [-0.25, -0.2) is 0 Å². The quantitative estimate of drug-likeness (QED) is 0.751. The number of rotatable bonds is 2. The third kappa shape index (κ3) is 2.40. The lowest BCUT2D eigenvalue weighted by Crippen LogP contribution is -2.59. The predicted octanol–water partition coefficient (Wildman–Crippen LogP) is 1.81.